The number of likely N-dealkylation sites (tertiary alicyclic amines) is 1. The third kappa shape index (κ3) is 3.72. The molecule has 1 aromatic carbocycles. The maximum Gasteiger partial charge on any atom is 0.0839 e. The Morgan fingerprint density at radius 3 is 2.67 bits per heavy atom. The second-order valence-electron chi connectivity index (χ2n) is 5.36. The number of β-amino-alcohol motifs (C(OH)–C–C–N with tert-alkyl or cyclic N) is 1. The predicted octanol–water partition coefficient (Wildman–Crippen LogP) is 2.17. The molecule has 0 spiro atoms. The van der Waals surface area contributed by atoms with E-state index < -0.39 is 0 Å². The molecule has 0 bridgehead atoms. The van der Waals surface area contributed by atoms with E-state index in [0.29, 0.717) is 6.54 Å². The number of hydrogen-bond acceptors (Lipinski definition) is 3. The average molecular weight is 248 g/mol. The Morgan fingerprint density at radius 2 is 2.00 bits per heavy atom. The fourth-order valence-electron chi connectivity index (χ4n) is 2.57. The molecule has 0 aliphatic carbocycles. The molecule has 0 radical (unpaired) electrons. The summed E-state index contributed by atoms with van der Waals surface area (Å²) in [7, 11) is 0. The second kappa shape index (κ2) is 6.21. The molecule has 1 fully saturated rings. The number of anilines is 1. The van der Waals surface area contributed by atoms with Crippen molar-refractivity contribution in [3.05, 3.63) is 29.3 Å². The van der Waals surface area contributed by atoms with E-state index in [1.165, 1.54) is 24.0 Å². The molecule has 2 rings (SSSR count). The van der Waals surface area contributed by atoms with Crippen molar-refractivity contribution < 1.29 is 5.11 Å². The van der Waals surface area contributed by atoms with Crippen LogP contribution in [0.25, 0.3) is 0 Å². The van der Waals surface area contributed by atoms with E-state index in [0.717, 1.165) is 25.3 Å². The summed E-state index contributed by atoms with van der Waals surface area (Å²) in [6.45, 7) is 7.89. The summed E-state index contributed by atoms with van der Waals surface area (Å²) in [5, 5.41) is 13.3. The molecule has 3 nitrogen and oxygen atoms in total. The highest BCUT2D eigenvalue weighted by molar-refractivity contribution is 5.51. The van der Waals surface area contributed by atoms with Gasteiger partial charge < -0.3 is 15.3 Å². The van der Waals surface area contributed by atoms with E-state index in [1.807, 2.05) is 0 Å². The minimum atomic E-state index is -0.288. The first kappa shape index (κ1) is 13.4. The summed E-state index contributed by atoms with van der Waals surface area (Å²) in [6, 6.07) is 6.35. The Bertz CT molecular complexity index is 386. The highest BCUT2D eigenvalue weighted by atomic mass is 16.3. The molecule has 0 aromatic heterocycles. The fraction of sp³-hybridized carbons (Fsp3) is 0.600. The maximum atomic E-state index is 10.0. The molecule has 3 heteroatoms. The minimum absolute atomic E-state index is 0.288. The summed E-state index contributed by atoms with van der Waals surface area (Å²) in [6.07, 6.45) is 2.26. The number of aryl methyl sites for hydroxylation is 2. The van der Waals surface area contributed by atoms with Gasteiger partial charge in [0, 0.05) is 18.8 Å². The van der Waals surface area contributed by atoms with E-state index >= 15 is 0 Å². The monoisotopic (exact) mass is 248 g/mol. The van der Waals surface area contributed by atoms with E-state index in [-0.39, 0.29) is 6.10 Å². The van der Waals surface area contributed by atoms with Gasteiger partial charge in [-0.1, -0.05) is 17.7 Å². The molecule has 1 atom stereocenters. The van der Waals surface area contributed by atoms with Crippen LogP contribution in [-0.2, 0) is 0 Å². The van der Waals surface area contributed by atoms with Crippen molar-refractivity contribution in [2.75, 3.05) is 31.5 Å². The van der Waals surface area contributed by atoms with Crippen molar-refractivity contribution in [3.63, 3.8) is 0 Å². The van der Waals surface area contributed by atoms with Crippen molar-refractivity contribution in [1.82, 2.24) is 4.90 Å². The zero-order valence-electron chi connectivity index (χ0n) is 11.4. The number of nitrogens with one attached hydrogen (secondary N) is 1. The molecule has 1 saturated heterocycles. The Kier molecular flexibility index (Phi) is 4.61. The van der Waals surface area contributed by atoms with Crippen LogP contribution in [0.4, 0.5) is 5.69 Å². The van der Waals surface area contributed by atoms with Crippen LogP contribution in [-0.4, -0.2) is 42.3 Å². The Hall–Kier alpha value is -1.06. The molecule has 1 unspecified atom stereocenters. The van der Waals surface area contributed by atoms with Gasteiger partial charge in [0.15, 0.2) is 0 Å². The third-order valence-electron chi connectivity index (χ3n) is 3.58. The molecule has 1 aliphatic rings. The first-order chi connectivity index (χ1) is 8.65. The van der Waals surface area contributed by atoms with Crippen LogP contribution in [0.5, 0.6) is 0 Å². The molecular formula is C15H24N2O. The Balaban J connectivity index is 1.79. The van der Waals surface area contributed by atoms with E-state index in [4.69, 9.17) is 0 Å². The van der Waals surface area contributed by atoms with Crippen molar-refractivity contribution in [2.45, 2.75) is 32.8 Å². The molecule has 0 saturated carbocycles. The summed E-state index contributed by atoms with van der Waals surface area (Å²) in [5.74, 6) is 0. The van der Waals surface area contributed by atoms with Gasteiger partial charge in [0.05, 0.1) is 6.10 Å². The van der Waals surface area contributed by atoms with Crippen molar-refractivity contribution in [3.8, 4) is 0 Å². The van der Waals surface area contributed by atoms with Crippen molar-refractivity contribution >= 4 is 5.69 Å². The standard InChI is InChI=1S/C15H24N2O/c1-12-5-6-15(13(2)9-12)16-10-14(18)11-17-7-3-4-8-17/h5-6,9,14,16,18H,3-4,7-8,10-11H2,1-2H3. The summed E-state index contributed by atoms with van der Waals surface area (Å²) in [5.41, 5.74) is 3.64. The summed E-state index contributed by atoms with van der Waals surface area (Å²) in [4.78, 5) is 2.34. The zero-order chi connectivity index (χ0) is 13.0. The summed E-state index contributed by atoms with van der Waals surface area (Å²) < 4.78 is 0. The number of aliphatic hydroxyl groups is 1. The van der Waals surface area contributed by atoms with Gasteiger partial charge in [-0.05, 0) is 51.4 Å². The van der Waals surface area contributed by atoms with Gasteiger partial charge in [-0.3, -0.25) is 0 Å². The Labute approximate surface area is 110 Å². The molecule has 18 heavy (non-hydrogen) atoms. The van der Waals surface area contributed by atoms with Crippen molar-refractivity contribution in [1.29, 1.82) is 0 Å². The molecular weight excluding hydrogens is 224 g/mol. The second-order valence-corrected chi connectivity index (χ2v) is 5.36. The highest BCUT2D eigenvalue weighted by Gasteiger charge is 2.15. The lowest BCUT2D eigenvalue weighted by atomic mass is 10.1. The lowest BCUT2D eigenvalue weighted by Gasteiger charge is -2.20. The highest BCUT2D eigenvalue weighted by Crippen LogP contribution is 2.16. The van der Waals surface area contributed by atoms with Gasteiger partial charge in [0.2, 0.25) is 0 Å². The number of rotatable bonds is 5. The van der Waals surface area contributed by atoms with Crippen LogP contribution in [0.3, 0.4) is 0 Å². The smallest absolute Gasteiger partial charge is 0.0839 e. The number of hydrogen-bond donors (Lipinski definition) is 2. The quantitative estimate of drug-likeness (QED) is 0.838. The minimum Gasteiger partial charge on any atom is -0.390 e. The van der Waals surface area contributed by atoms with Gasteiger partial charge in [-0.2, -0.15) is 0 Å². The van der Waals surface area contributed by atoms with Gasteiger partial charge in [-0.15, -0.1) is 0 Å². The van der Waals surface area contributed by atoms with Crippen LogP contribution in [0.15, 0.2) is 18.2 Å². The fourth-order valence-corrected chi connectivity index (χ4v) is 2.57. The van der Waals surface area contributed by atoms with Crippen LogP contribution in [0.1, 0.15) is 24.0 Å². The first-order valence-corrected chi connectivity index (χ1v) is 6.86. The molecule has 2 N–H and O–H groups in total. The average Bonchev–Trinajstić information content (AvgIpc) is 2.80. The molecule has 0 amide bonds. The molecule has 1 aliphatic heterocycles. The van der Waals surface area contributed by atoms with Gasteiger partial charge >= 0.3 is 0 Å². The maximum absolute atomic E-state index is 10.0. The molecule has 1 heterocycles. The number of benzene rings is 1. The summed E-state index contributed by atoms with van der Waals surface area (Å²) >= 11 is 0. The molecule has 1 aromatic rings. The van der Waals surface area contributed by atoms with E-state index in [9.17, 15) is 5.11 Å². The predicted molar refractivity (Wildman–Crippen MR) is 76.1 cm³/mol. The van der Waals surface area contributed by atoms with E-state index in [2.05, 4.69) is 42.3 Å². The lowest BCUT2D eigenvalue weighted by Crippen LogP contribution is -2.34. The zero-order valence-corrected chi connectivity index (χ0v) is 11.4. The van der Waals surface area contributed by atoms with Gasteiger partial charge in [0.25, 0.3) is 0 Å². The van der Waals surface area contributed by atoms with Crippen LogP contribution < -0.4 is 5.32 Å². The van der Waals surface area contributed by atoms with Gasteiger partial charge in [0.1, 0.15) is 0 Å². The van der Waals surface area contributed by atoms with Crippen LogP contribution in [0.2, 0.25) is 0 Å². The van der Waals surface area contributed by atoms with E-state index in [1.54, 1.807) is 0 Å². The van der Waals surface area contributed by atoms with Crippen LogP contribution in [0, 0.1) is 13.8 Å². The Morgan fingerprint density at radius 1 is 1.28 bits per heavy atom. The van der Waals surface area contributed by atoms with Crippen LogP contribution >= 0.6 is 0 Å². The van der Waals surface area contributed by atoms with Gasteiger partial charge in [-0.25, -0.2) is 0 Å². The topological polar surface area (TPSA) is 35.5 Å². The normalized spacial score (nSPS) is 17.9. The largest absolute Gasteiger partial charge is 0.390 e. The number of nitrogens with zero attached hydrogens (tertiary/aromatic N) is 1. The third-order valence-corrected chi connectivity index (χ3v) is 3.58. The molecule has 100 valence electrons. The lowest BCUT2D eigenvalue weighted by molar-refractivity contribution is 0.135. The van der Waals surface area contributed by atoms with Crippen molar-refractivity contribution in [2.24, 2.45) is 0 Å². The SMILES string of the molecule is Cc1ccc(NCC(O)CN2CCCC2)c(C)c1. The first-order valence-electron chi connectivity index (χ1n) is 6.86. The number of aliphatic hydroxyl groups excluding tert-OH is 1.